The highest BCUT2D eigenvalue weighted by Gasteiger charge is 2.32. The zero-order valence-electron chi connectivity index (χ0n) is 71.2. The van der Waals surface area contributed by atoms with Gasteiger partial charge in [-0.2, -0.15) is 0 Å². The Kier molecular flexibility index (Phi) is 144. The molecule has 9 atom stereocenters. The molecular weight excluding hydrogens is 1750 g/mol. The molecule has 0 saturated carbocycles. The van der Waals surface area contributed by atoms with E-state index in [1.54, 1.807) is 13.8 Å². The average molecular weight is 1890 g/mol. The van der Waals surface area contributed by atoms with Crippen LogP contribution in [0.15, 0.2) is 0 Å². The molecule has 0 heterocycles. The third-order valence-electron chi connectivity index (χ3n) is 11.5. The fraction of sp³-hybridized carbons (Fsp3) is 0.803. The maximum absolute atomic E-state index is 10.5. The molecule has 0 saturated heterocycles. The van der Waals surface area contributed by atoms with Gasteiger partial charge in [0.2, 0.25) is 0 Å². The van der Waals surface area contributed by atoms with Crippen LogP contribution in [-0.4, -0.2) is 466 Å². The SMILES string of the molecule is CC(O)CO.CC(O)COCC(C)O.CCC(O)CC(O)CO.CP(=O)(O)OC(CO)CO.O=C(O)C#CC(=O)O.O=C(O)CC(CC(=O)O)C(=O)O.O=C(O)CCC(=O)O.O=C(O)CCC(C(=O)O)C(O)C(=O)O.O=C(O)CCCCC(=O)O.OCC(CO)CO.OCC(O)CO.OCCCCC(O)CO.OCCCCO.OCCCOCCCO.OCCO. The zero-order valence-corrected chi connectivity index (χ0v) is 72.1. The number of aliphatic hydroxyl groups excluding tert-OH is 25. The minimum atomic E-state index is -3.57. The first kappa shape index (κ1) is 153. The van der Waals surface area contributed by atoms with Gasteiger partial charge in [-0.3, -0.25) is 47.7 Å². The number of hydrogen-bond acceptors (Lipinski definition) is 41. The summed E-state index contributed by atoms with van der Waals surface area (Å²) in [6, 6.07) is 0. The lowest BCUT2D eigenvalue weighted by atomic mass is 9.97. The quantitative estimate of drug-likeness (QED) is 0.0153. The van der Waals surface area contributed by atoms with Crippen LogP contribution in [-0.2, 0) is 76.1 Å². The van der Waals surface area contributed by atoms with Crippen molar-refractivity contribution >= 4 is 79.2 Å². The smallest absolute Gasteiger partial charge is 0.382 e. The van der Waals surface area contributed by atoms with Crippen molar-refractivity contribution in [2.75, 3.05) is 145 Å². The van der Waals surface area contributed by atoms with Crippen molar-refractivity contribution in [3.8, 4) is 11.8 Å². The van der Waals surface area contributed by atoms with E-state index in [4.69, 9.17) is 203 Å². The summed E-state index contributed by atoms with van der Waals surface area (Å²) >= 11 is 0. The van der Waals surface area contributed by atoms with Crippen molar-refractivity contribution in [1.82, 2.24) is 0 Å². The molecule has 0 aromatic carbocycles. The van der Waals surface area contributed by atoms with Crippen LogP contribution in [0.5, 0.6) is 0 Å². The van der Waals surface area contributed by atoms with E-state index < -0.39 is 185 Å². The molecule has 126 heavy (non-hydrogen) atoms. The number of carbonyl (C=O) groups is 12. The number of aliphatic carboxylic acids is 12. The van der Waals surface area contributed by atoms with Crippen molar-refractivity contribution < 1.29 is 270 Å². The predicted octanol–water partition coefficient (Wildman–Crippen LogP) is -8.86. The molecule has 54 nitrogen and oxygen atoms in total. The third-order valence-corrected chi connectivity index (χ3v) is 12.2. The summed E-state index contributed by atoms with van der Waals surface area (Å²) < 4.78 is 24.7. The van der Waals surface area contributed by atoms with Crippen molar-refractivity contribution in [1.29, 1.82) is 0 Å². The molecule has 0 radical (unpaired) electrons. The zero-order chi connectivity index (χ0) is 102. The number of aliphatic hydroxyl groups is 25. The van der Waals surface area contributed by atoms with Gasteiger partial charge < -0.3 is 208 Å². The van der Waals surface area contributed by atoms with Gasteiger partial charge in [-0.25, -0.2) is 14.4 Å². The first-order valence-electron chi connectivity index (χ1n) is 37.6. The molecule has 0 aliphatic rings. The Balaban J connectivity index is -0.0000000812. The van der Waals surface area contributed by atoms with Crippen LogP contribution in [0.25, 0.3) is 0 Å². The summed E-state index contributed by atoms with van der Waals surface area (Å²) in [6.07, 6.45) is -3.33. The number of ether oxygens (including phenoxy) is 2. The van der Waals surface area contributed by atoms with Gasteiger partial charge in [-0.1, -0.05) is 6.92 Å². The third kappa shape index (κ3) is 190. The van der Waals surface area contributed by atoms with Gasteiger partial charge >= 0.3 is 79.2 Å². The van der Waals surface area contributed by atoms with E-state index in [1.807, 2.05) is 6.92 Å². The highest BCUT2D eigenvalue weighted by molar-refractivity contribution is 7.51. The van der Waals surface area contributed by atoms with E-state index >= 15 is 0 Å². The molecule has 0 rings (SSSR count). The van der Waals surface area contributed by atoms with Gasteiger partial charge in [-0.15, -0.1) is 0 Å². The summed E-state index contributed by atoms with van der Waals surface area (Å²) in [4.78, 5) is 128. The Morgan fingerprint density at radius 2 is 0.659 bits per heavy atom. The molecule has 0 bridgehead atoms. The van der Waals surface area contributed by atoms with Gasteiger partial charge in [0.15, 0.2) is 6.10 Å². The van der Waals surface area contributed by atoms with Gasteiger partial charge in [-0.05, 0) is 91.4 Å². The monoisotopic (exact) mass is 1890 g/mol. The maximum atomic E-state index is 10.5. The first-order chi connectivity index (χ1) is 58.5. The molecule has 0 aliphatic carbocycles. The molecule has 0 fully saturated rings. The molecule has 0 aromatic rings. The van der Waals surface area contributed by atoms with E-state index in [0.717, 1.165) is 25.9 Å². The summed E-state index contributed by atoms with van der Waals surface area (Å²) in [5, 5.41) is 304. The maximum Gasteiger partial charge on any atom is 0.382 e. The molecule has 0 aliphatic heterocycles. The lowest BCUT2D eigenvalue weighted by molar-refractivity contribution is -0.160. The van der Waals surface area contributed by atoms with Crippen molar-refractivity contribution in [3.63, 3.8) is 0 Å². The Labute approximate surface area is 726 Å². The van der Waals surface area contributed by atoms with Gasteiger partial charge in [0, 0.05) is 96.4 Å². The van der Waals surface area contributed by atoms with E-state index in [9.17, 15) is 62.1 Å². The topological polar surface area (TPSA) is 1020 Å². The van der Waals surface area contributed by atoms with Gasteiger partial charge in [0.05, 0.1) is 167 Å². The largest absolute Gasteiger partial charge is 0.481 e. The van der Waals surface area contributed by atoms with Crippen molar-refractivity contribution in [3.05, 3.63) is 0 Å². The lowest BCUT2D eigenvalue weighted by Crippen LogP contribution is -2.35. The Bertz CT molecular complexity index is 2460. The van der Waals surface area contributed by atoms with Gasteiger partial charge in [0.25, 0.3) is 0 Å². The minimum absolute atomic E-state index is 0.0628. The summed E-state index contributed by atoms with van der Waals surface area (Å²) in [6.45, 7) is 7.40. The number of rotatable bonds is 52. The summed E-state index contributed by atoms with van der Waals surface area (Å²) in [5.74, 6) is -15.7. The number of carboxylic acids is 12. The highest BCUT2D eigenvalue weighted by Crippen LogP contribution is 2.38. The normalized spacial score (nSPS) is 12.1. The van der Waals surface area contributed by atoms with Crippen LogP contribution in [0.4, 0.5) is 0 Å². The fourth-order valence-corrected chi connectivity index (χ4v) is 5.93. The molecule has 38 N–H and O–H groups in total. The van der Waals surface area contributed by atoms with E-state index in [1.165, 1.54) is 18.8 Å². The summed E-state index contributed by atoms with van der Waals surface area (Å²) in [5.41, 5.74) is 0. The molecule has 758 valence electrons. The molecule has 0 amide bonds. The number of carboxylic acid groups (broad SMARTS) is 12. The van der Waals surface area contributed by atoms with E-state index in [2.05, 4.69) is 4.52 Å². The Morgan fingerprint density at radius 1 is 0.333 bits per heavy atom. The van der Waals surface area contributed by atoms with Crippen LogP contribution < -0.4 is 0 Å². The first-order valence-corrected chi connectivity index (χ1v) is 39.6. The Morgan fingerprint density at radius 3 is 0.849 bits per heavy atom. The number of unbranched alkanes of at least 4 members (excludes halogenated alkanes) is 3. The molecule has 55 heteroatoms. The second-order valence-corrected chi connectivity index (χ2v) is 26.0. The summed E-state index contributed by atoms with van der Waals surface area (Å²) in [7, 11) is -3.57. The van der Waals surface area contributed by atoms with Crippen LogP contribution in [0.2, 0.25) is 0 Å². The fourth-order valence-electron chi connectivity index (χ4n) is 5.25. The van der Waals surface area contributed by atoms with Crippen LogP contribution in [0.3, 0.4) is 0 Å². The van der Waals surface area contributed by atoms with Crippen LogP contribution >= 0.6 is 7.60 Å². The lowest BCUT2D eigenvalue weighted by Gasteiger charge is -2.13. The Hall–Kier alpha value is -7.73. The second kappa shape index (κ2) is 119. The predicted molar refractivity (Wildman–Crippen MR) is 431 cm³/mol. The molecular formula is C71H145O54P. The molecule has 0 aromatic heterocycles. The van der Waals surface area contributed by atoms with Crippen molar-refractivity contribution in [2.45, 2.75) is 205 Å². The minimum Gasteiger partial charge on any atom is -0.481 e. The van der Waals surface area contributed by atoms with Crippen LogP contribution in [0, 0.1) is 29.6 Å². The standard InChI is InChI=1S/C7H10O7.C6H8O6.C6H10O4.4C6H14O3.C4H11O5P.C4H6O4.C4H2O4.C4H10O3.C4H10O2.C3H8O3.C3H8O2.C2H6O2/c8-4(9)2-1-3(6(11)12)5(10)7(13)14;7-4(8)1-3(6(11)12)2-5(9)10;7-5(8)3-1-2-4-6(9)10;1-5(7)3-9-4-6(2)8;7-3-1-5-9-6-2-4-8;1-2-5(8)3-6(9)4-7;7-4-2-1-3-6(9)5-8;1-10(7,8)9-4(2-5)3-6;2*5-3(6)1-2-4(7)8;5-1-4(2-6)3-7;5-3-1-2-4-6;4-1-3(6)2-5;1-3(5)2-4;3-1-2-4/h3,5,10H,1-2H2,(H,8,9)(H,11,12)(H,13,14);3H,1-2H2,(H,7,8)(H,9,10)(H,11,12);1-4H2,(H,7,8)(H,9,10);5-8H,3-4H2,1-2H3;7-8H,1-6H2;5-9H,2-4H2,1H3;6-9H,1-5H2;4-6H,2-3H2,1H3,(H,7,8);1-2H2,(H,5,6)(H,7,8);(H,5,6)(H,7,8);4-7H,1-3H2;5-6H,1-4H2;3-6H,1-2H2;3-5H,2H2,1H3;3-4H,1-2H2. The molecule has 9 unspecified atom stereocenters. The van der Waals surface area contributed by atoms with E-state index in [-0.39, 0.29) is 137 Å². The van der Waals surface area contributed by atoms with E-state index in [0.29, 0.717) is 71.4 Å². The highest BCUT2D eigenvalue weighted by atomic mass is 31.2. The average Bonchev–Trinajstić information content (AvgIpc) is 0.897. The number of hydrogen-bond donors (Lipinski definition) is 38. The molecule has 0 spiro atoms. The van der Waals surface area contributed by atoms with Gasteiger partial charge in [0.1, 0.15) is 12.2 Å². The second-order valence-electron chi connectivity index (χ2n) is 24.2. The van der Waals surface area contributed by atoms with Crippen molar-refractivity contribution in [2.24, 2.45) is 17.8 Å². The van der Waals surface area contributed by atoms with Crippen LogP contribution in [0.1, 0.15) is 150 Å².